The van der Waals surface area contributed by atoms with Crippen molar-refractivity contribution in [1.82, 2.24) is 0 Å². The number of hydrogen-bond acceptors (Lipinski definition) is 3. The Balaban J connectivity index is 2.36. The molecule has 0 atom stereocenters. The number of carboxylic acid groups (broad SMARTS) is 1. The number of rotatable bonds is 4. The molecule has 0 heterocycles. The highest BCUT2D eigenvalue weighted by Gasteiger charge is 2.26. The van der Waals surface area contributed by atoms with Gasteiger partial charge in [0.15, 0.2) is 9.84 Å². The topological polar surface area (TPSA) is 71.4 Å². The molecule has 6 heteroatoms. The molecule has 1 aliphatic rings. The number of aromatic carboxylic acids is 1. The quantitative estimate of drug-likeness (QED) is 0.869. The molecule has 0 aliphatic heterocycles. The van der Waals surface area contributed by atoms with E-state index in [1.54, 1.807) is 6.92 Å². The van der Waals surface area contributed by atoms with Gasteiger partial charge in [0.25, 0.3) is 0 Å². The standard InChI is InChI=1S/C15H19BrO4S/c1-10-13(16)7-12(15(17)18)8-14(10)21(19,20)9-11-5-3-2-4-6-11/h7-8,11H,2-6,9H2,1H3,(H,17,18). The third-order valence-corrected chi connectivity index (χ3v) is 6.89. The second-order valence-corrected chi connectivity index (χ2v) is 8.53. The van der Waals surface area contributed by atoms with E-state index in [1.165, 1.54) is 18.6 Å². The average molecular weight is 375 g/mol. The molecule has 1 aromatic carbocycles. The zero-order valence-corrected chi connectivity index (χ0v) is 14.3. The highest BCUT2D eigenvalue weighted by atomic mass is 79.9. The summed E-state index contributed by atoms with van der Waals surface area (Å²) in [5.41, 5.74) is 0.575. The van der Waals surface area contributed by atoms with Crippen molar-refractivity contribution in [3.63, 3.8) is 0 Å². The van der Waals surface area contributed by atoms with E-state index in [1.807, 2.05) is 0 Å². The van der Waals surface area contributed by atoms with E-state index in [9.17, 15) is 13.2 Å². The molecule has 1 saturated carbocycles. The molecule has 0 bridgehead atoms. The van der Waals surface area contributed by atoms with Crippen LogP contribution >= 0.6 is 15.9 Å². The molecule has 1 aliphatic carbocycles. The first kappa shape index (κ1) is 16.5. The van der Waals surface area contributed by atoms with Crippen LogP contribution in [0.15, 0.2) is 21.5 Å². The van der Waals surface area contributed by atoms with Crippen molar-refractivity contribution < 1.29 is 18.3 Å². The van der Waals surface area contributed by atoms with Crippen molar-refractivity contribution in [1.29, 1.82) is 0 Å². The lowest BCUT2D eigenvalue weighted by Crippen LogP contribution is -2.20. The van der Waals surface area contributed by atoms with Crippen molar-refractivity contribution in [2.45, 2.75) is 43.9 Å². The average Bonchev–Trinajstić information content (AvgIpc) is 2.41. The molecule has 1 aromatic rings. The number of sulfone groups is 1. The molecule has 0 spiro atoms. The van der Waals surface area contributed by atoms with E-state index in [0.29, 0.717) is 10.0 Å². The van der Waals surface area contributed by atoms with Crippen molar-refractivity contribution in [3.05, 3.63) is 27.7 Å². The van der Waals surface area contributed by atoms with Crippen LogP contribution in [0.2, 0.25) is 0 Å². The Morgan fingerprint density at radius 2 is 1.90 bits per heavy atom. The molecule has 2 rings (SSSR count). The number of carboxylic acids is 1. The van der Waals surface area contributed by atoms with Crippen LogP contribution in [-0.4, -0.2) is 25.2 Å². The van der Waals surface area contributed by atoms with Crippen LogP contribution in [0, 0.1) is 12.8 Å². The van der Waals surface area contributed by atoms with E-state index in [-0.39, 0.29) is 22.1 Å². The fourth-order valence-corrected chi connectivity index (χ4v) is 5.46. The summed E-state index contributed by atoms with van der Waals surface area (Å²) in [5.74, 6) is -0.816. The maximum atomic E-state index is 12.6. The molecule has 0 saturated heterocycles. The van der Waals surface area contributed by atoms with Gasteiger partial charge >= 0.3 is 5.97 Å². The monoisotopic (exact) mass is 374 g/mol. The minimum absolute atomic E-state index is 0.00491. The second kappa shape index (κ2) is 6.48. The summed E-state index contributed by atoms with van der Waals surface area (Å²) in [5, 5.41) is 9.10. The molecule has 116 valence electrons. The molecule has 0 unspecified atom stereocenters. The summed E-state index contributed by atoms with van der Waals surface area (Å²) in [4.78, 5) is 11.3. The maximum Gasteiger partial charge on any atom is 0.335 e. The minimum Gasteiger partial charge on any atom is -0.478 e. The molecule has 0 radical (unpaired) electrons. The van der Waals surface area contributed by atoms with Crippen molar-refractivity contribution in [2.75, 3.05) is 5.75 Å². The largest absolute Gasteiger partial charge is 0.478 e. The lowest BCUT2D eigenvalue weighted by molar-refractivity contribution is 0.0696. The smallest absolute Gasteiger partial charge is 0.335 e. The molecule has 4 nitrogen and oxygen atoms in total. The van der Waals surface area contributed by atoms with Crippen LogP contribution in [0.25, 0.3) is 0 Å². The molecular formula is C15H19BrO4S. The Hall–Kier alpha value is -0.880. The van der Waals surface area contributed by atoms with E-state index in [2.05, 4.69) is 15.9 Å². The first-order valence-corrected chi connectivity index (χ1v) is 9.52. The Labute approximate surface area is 133 Å². The predicted octanol–water partition coefficient (Wildman–Crippen LogP) is 3.81. The van der Waals surface area contributed by atoms with Gasteiger partial charge < -0.3 is 5.11 Å². The zero-order valence-electron chi connectivity index (χ0n) is 11.9. The summed E-state index contributed by atoms with van der Waals surface area (Å²) in [6.07, 6.45) is 5.22. The number of hydrogen-bond donors (Lipinski definition) is 1. The van der Waals surface area contributed by atoms with Gasteiger partial charge in [-0.25, -0.2) is 13.2 Å². The Morgan fingerprint density at radius 3 is 2.48 bits per heavy atom. The van der Waals surface area contributed by atoms with Gasteiger partial charge in [-0.2, -0.15) is 0 Å². The van der Waals surface area contributed by atoms with Crippen molar-refractivity contribution in [3.8, 4) is 0 Å². The van der Waals surface area contributed by atoms with Gasteiger partial charge in [0.1, 0.15) is 0 Å². The van der Waals surface area contributed by atoms with Crippen LogP contribution in [0.5, 0.6) is 0 Å². The Bertz CT molecular complexity index is 646. The van der Waals surface area contributed by atoms with Crippen LogP contribution in [0.1, 0.15) is 48.0 Å². The summed E-state index contributed by atoms with van der Waals surface area (Å²) in [7, 11) is -3.46. The Morgan fingerprint density at radius 1 is 1.29 bits per heavy atom. The molecule has 0 amide bonds. The van der Waals surface area contributed by atoms with Crippen LogP contribution in [0.3, 0.4) is 0 Å². The number of benzene rings is 1. The summed E-state index contributed by atoms with van der Waals surface area (Å²) >= 11 is 3.26. The summed E-state index contributed by atoms with van der Waals surface area (Å²) < 4.78 is 25.8. The van der Waals surface area contributed by atoms with Gasteiger partial charge in [0.2, 0.25) is 0 Å². The van der Waals surface area contributed by atoms with E-state index in [4.69, 9.17) is 5.11 Å². The lowest BCUT2D eigenvalue weighted by Gasteiger charge is -2.22. The van der Waals surface area contributed by atoms with Crippen LogP contribution in [0.4, 0.5) is 0 Å². The van der Waals surface area contributed by atoms with E-state index in [0.717, 1.165) is 25.7 Å². The van der Waals surface area contributed by atoms with Gasteiger partial charge in [-0.3, -0.25) is 0 Å². The van der Waals surface area contributed by atoms with Gasteiger partial charge in [0.05, 0.1) is 16.2 Å². The third-order valence-electron chi connectivity index (χ3n) is 4.06. The van der Waals surface area contributed by atoms with Gasteiger partial charge in [-0.15, -0.1) is 0 Å². The molecule has 1 fully saturated rings. The van der Waals surface area contributed by atoms with Crippen LogP contribution < -0.4 is 0 Å². The fourth-order valence-electron chi connectivity index (χ4n) is 2.85. The number of carbonyl (C=O) groups is 1. The lowest BCUT2D eigenvalue weighted by atomic mass is 9.91. The summed E-state index contributed by atoms with van der Waals surface area (Å²) in [6, 6.07) is 2.72. The maximum absolute atomic E-state index is 12.6. The molecular weight excluding hydrogens is 356 g/mol. The first-order valence-electron chi connectivity index (χ1n) is 7.07. The highest BCUT2D eigenvalue weighted by molar-refractivity contribution is 9.10. The van der Waals surface area contributed by atoms with E-state index >= 15 is 0 Å². The minimum atomic E-state index is -3.46. The highest BCUT2D eigenvalue weighted by Crippen LogP contribution is 2.31. The van der Waals surface area contributed by atoms with Crippen LogP contribution in [-0.2, 0) is 9.84 Å². The molecule has 1 N–H and O–H groups in total. The molecule has 21 heavy (non-hydrogen) atoms. The number of halogens is 1. The van der Waals surface area contributed by atoms with E-state index < -0.39 is 15.8 Å². The summed E-state index contributed by atoms with van der Waals surface area (Å²) in [6.45, 7) is 1.70. The molecule has 0 aromatic heterocycles. The fraction of sp³-hybridized carbons (Fsp3) is 0.533. The zero-order chi connectivity index (χ0) is 15.6. The van der Waals surface area contributed by atoms with Gasteiger partial charge in [-0.05, 0) is 43.4 Å². The normalized spacial score (nSPS) is 16.9. The van der Waals surface area contributed by atoms with Crippen molar-refractivity contribution in [2.24, 2.45) is 5.92 Å². The van der Waals surface area contributed by atoms with Gasteiger partial charge in [-0.1, -0.05) is 35.2 Å². The third kappa shape index (κ3) is 3.86. The SMILES string of the molecule is Cc1c(Br)cc(C(=O)O)cc1S(=O)(=O)CC1CCCCC1. The first-order chi connectivity index (χ1) is 9.81. The second-order valence-electron chi connectivity index (χ2n) is 5.67. The van der Waals surface area contributed by atoms with Crippen molar-refractivity contribution >= 4 is 31.7 Å². The predicted molar refractivity (Wildman–Crippen MR) is 84.5 cm³/mol. The van der Waals surface area contributed by atoms with Gasteiger partial charge in [0, 0.05) is 4.47 Å². The Kier molecular flexibility index (Phi) is 5.09.